The van der Waals surface area contributed by atoms with Crippen molar-refractivity contribution in [1.82, 2.24) is 0 Å². The molecule has 0 aromatic carbocycles. The lowest BCUT2D eigenvalue weighted by Gasteiger charge is -2.06. The van der Waals surface area contributed by atoms with Crippen molar-refractivity contribution in [2.45, 2.75) is 38.7 Å². The Labute approximate surface area is 68.6 Å². The quantitative estimate of drug-likeness (QED) is 0.673. The highest BCUT2D eigenvalue weighted by atomic mass is 16.5. The Kier molecular flexibility index (Phi) is 3.87. The Balaban J connectivity index is 2.09. The van der Waals surface area contributed by atoms with Crippen LogP contribution in [-0.2, 0) is 4.74 Å². The van der Waals surface area contributed by atoms with Crippen molar-refractivity contribution in [1.29, 1.82) is 0 Å². The summed E-state index contributed by atoms with van der Waals surface area (Å²) in [6.45, 7) is 3.45. The van der Waals surface area contributed by atoms with Crippen LogP contribution in [0.4, 0.5) is 0 Å². The third-order valence-corrected chi connectivity index (χ3v) is 2.43. The van der Waals surface area contributed by atoms with E-state index < -0.39 is 0 Å². The monoisotopic (exact) mass is 158 g/mol. The molecule has 1 N–H and O–H groups in total. The fourth-order valence-corrected chi connectivity index (χ4v) is 1.58. The minimum atomic E-state index is 0.302. The van der Waals surface area contributed by atoms with E-state index in [2.05, 4.69) is 6.92 Å². The summed E-state index contributed by atoms with van der Waals surface area (Å²) < 4.78 is 5.55. The van der Waals surface area contributed by atoms with E-state index in [0.29, 0.717) is 12.7 Å². The lowest BCUT2D eigenvalue weighted by molar-refractivity contribution is 0.0932. The Morgan fingerprint density at radius 2 is 2.36 bits per heavy atom. The molecule has 0 aliphatic carbocycles. The molecule has 1 rings (SSSR count). The molecule has 0 radical (unpaired) electrons. The van der Waals surface area contributed by atoms with Crippen LogP contribution < -0.4 is 0 Å². The number of ether oxygens (including phenoxy) is 1. The summed E-state index contributed by atoms with van der Waals surface area (Å²) in [6, 6.07) is 0. The molecule has 11 heavy (non-hydrogen) atoms. The zero-order chi connectivity index (χ0) is 8.10. The van der Waals surface area contributed by atoms with Gasteiger partial charge < -0.3 is 9.84 Å². The Morgan fingerprint density at radius 3 is 2.91 bits per heavy atom. The molecular formula is C9H18O2. The van der Waals surface area contributed by atoms with Gasteiger partial charge in [0.2, 0.25) is 0 Å². The van der Waals surface area contributed by atoms with Crippen LogP contribution in [0.2, 0.25) is 0 Å². The van der Waals surface area contributed by atoms with Gasteiger partial charge in [0.25, 0.3) is 0 Å². The maximum atomic E-state index is 8.59. The summed E-state index contributed by atoms with van der Waals surface area (Å²) in [5.41, 5.74) is 0. The molecule has 0 bridgehead atoms. The highest BCUT2D eigenvalue weighted by Gasteiger charge is 2.22. The van der Waals surface area contributed by atoms with E-state index in [1.54, 1.807) is 0 Å². The largest absolute Gasteiger partial charge is 0.396 e. The number of hydrogen-bond acceptors (Lipinski definition) is 2. The van der Waals surface area contributed by atoms with Gasteiger partial charge in [0, 0.05) is 13.2 Å². The average molecular weight is 158 g/mol. The number of hydrogen-bond donors (Lipinski definition) is 1. The minimum Gasteiger partial charge on any atom is -0.396 e. The van der Waals surface area contributed by atoms with Crippen LogP contribution in [0.5, 0.6) is 0 Å². The van der Waals surface area contributed by atoms with Gasteiger partial charge in [0.1, 0.15) is 0 Å². The van der Waals surface area contributed by atoms with Gasteiger partial charge in [-0.1, -0.05) is 13.3 Å². The molecule has 0 saturated carbocycles. The molecule has 1 aliphatic heterocycles. The molecule has 2 unspecified atom stereocenters. The fourth-order valence-electron chi connectivity index (χ4n) is 1.58. The van der Waals surface area contributed by atoms with Crippen molar-refractivity contribution >= 4 is 0 Å². The van der Waals surface area contributed by atoms with Crippen molar-refractivity contribution < 1.29 is 9.84 Å². The topological polar surface area (TPSA) is 29.5 Å². The van der Waals surface area contributed by atoms with Gasteiger partial charge in [-0.2, -0.15) is 0 Å². The highest BCUT2D eigenvalue weighted by Crippen LogP contribution is 2.24. The molecule has 2 atom stereocenters. The highest BCUT2D eigenvalue weighted by molar-refractivity contribution is 4.72. The maximum Gasteiger partial charge on any atom is 0.0579 e. The molecule has 66 valence electrons. The van der Waals surface area contributed by atoms with Gasteiger partial charge >= 0.3 is 0 Å². The molecule has 0 spiro atoms. The van der Waals surface area contributed by atoms with E-state index in [-0.39, 0.29) is 0 Å². The van der Waals surface area contributed by atoms with Crippen molar-refractivity contribution in [3.63, 3.8) is 0 Å². The zero-order valence-electron chi connectivity index (χ0n) is 7.25. The van der Waals surface area contributed by atoms with Crippen LogP contribution in [-0.4, -0.2) is 24.4 Å². The predicted molar refractivity (Wildman–Crippen MR) is 44.5 cm³/mol. The summed E-state index contributed by atoms with van der Waals surface area (Å²) in [7, 11) is 0. The van der Waals surface area contributed by atoms with Crippen molar-refractivity contribution in [3.05, 3.63) is 0 Å². The second-order valence-corrected chi connectivity index (χ2v) is 3.33. The van der Waals surface area contributed by atoms with Gasteiger partial charge in [0.05, 0.1) is 6.10 Å². The third-order valence-electron chi connectivity index (χ3n) is 2.43. The predicted octanol–water partition coefficient (Wildman–Crippen LogP) is 1.57. The lowest BCUT2D eigenvalue weighted by atomic mass is 10.0. The second-order valence-electron chi connectivity index (χ2n) is 3.33. The van der Waals surface area contributed by atoms with Crippen molar-refractivity contribution in [2.24, 2.45) is 5.92 Å². The number of rotatable bonds is 4. The molecule has 1 saturated heterocycles. The molecular weight excluding hydrogens is 140 g/mol. The van der Waals surface area contributed by atoms with Crippen LogP contribution in [0.25, 0.3) is 0 Å². The van der Waals surface area contributed by atoms with Crippen LogP contribution in [0.1, 0.15) is 32.6 Å². The van der Waals surface area contributed by atoms with E-state index >= 15 is 0 Å². The lowest BCUT2D eigenvalue weighted by Crippen LogP contribution is -2.05. The van der Waals surface area contributed by atoms with E-state index in [0.717, 1.165) is 25.4 Å². The molecule has 0 aromatic rings. The first-order valence-electron chi connectivity index (χ1n) is 4.59. The smallest absolute Gasteiger partial charge is 0.0579 e. The fraction of sp³-hybridized carbons (Fsp3) is 1.00. The first-order valence-corrected chi connectivity index (χ1v) is 4.59. The molecule has 0 amide bonds. The summed E-state index contributed by atoms with van der Waals surface area (Å²) in [4.78, 5) is 0. The SMILES string of the molecule is CCC1COC(CCCO)C1. The first-order chi connectivity index (χ1) is 5.36. The van der Waals surface area contributed by atoms with E-state index in [4.69, 9.17) is 9.84 Å². The van der Waals surface area contributed by atoms with Gasteiger partial charge in [-0.3, -0.25) is 0 Å². The Morgan fingerprint density at radius 1 is 1.55 bits per heavy atom. The molecule has 1 heterocycles. The third kappa shape index (κ3) is 2.80. The normalized spacial score (nSPS) is 31.1. The zero-order valence-corrected chi connectivity index (χ0v) is 7.25. The molecule has 0 aromatic heterocycles. The van der Waals surface area contributed by atoms with Crippen LogP contribution in [0.3, 0.4) is 0 Å². The average Bonchev–Trinajstić information content (AvgIpc) is 2.48. The van der Waals surface area contributed by atoms with E-state index in [1.807, 2.05) is 0 Å². The van der Waals surface area contributed by atoms with Gasteiger partial charge in [-0.25, -0.2) is 0 Å². The maximum absolute atomic E-state index is 8.59. The van der Waals surface area contributed by atoms with Crippen molar-refractivity contribution in [3.8, 4) is 0 Å². The summed E-state index contributed by atoms with van der Waals surface area (Å²) in [5.74, 6) is 0.777. The van der Waals surface area contributed by atoms with Crippen LogP contribution in [0.15, 0.2) is 0 Å². The summed E-state index contributed by atoms with van der Waals surface area (Å²) in [5, 5.41) is 8.59. The molecule has 1 aliphatic rings. The summed E-state index contributed by atoms with van der Waals surface area (Å²) in [6.07, 6.45) is 4.80. The van der Waals surface area contributed by atoms with Gasteiger partial charge in [-0.05, 0) is 25.2 Å². The summed E-state index contributed by atoms with van der Waals surface area (Å²) >= 11 is 0. The Bertz CT molecular complexity index is 104. The van der Waals surface area contributed by atoms with Crippen LogP contribution >= 0.6 is 0 Å². The first kappa shape index (κ1) is 9.01. The standard InChI is InChI=1S/C9H18O2/c1-2-8-6-9(11-7-8)4-3-5-10/h8-10H,2-7H2,1H3. The number of aliphatic hydroxyl groups excluding tert-OH is 1. The van der Waals surface area contributed by atoms with Crippen molar-refractivity contribution in [2.75, 3.05) is 13.2 Å². The van der Waals surface area contributed by atoms with E-state index in [9.17, 15) is 0 Å². The minimum absolute atomic E-state index is 0.302. The Hall–Kier alpha value is -0.0800. The second kappa shape index (κ2) is 4.73. The molecule has 2 heteroatoms. The van der Waals surface area contributed by atoms with E-state index in [1.165, 1.54) is 12.8 Å². The van der Waals surface area contributed by atoms with Gasteiger partial charge in [0.15, 0.2) is 0 Å². The van der Waals surface area contributed by atoms with Crippen LogP contribution in [0, 0.1) is 5.92 Å². The van der Waals surface area contributed by atoms with Gasteiger partial charge in [-0.15, -0.1) is 0 Å². The molecule has 2 nitrogen and oxygen atoms in total. The molecule has 1 fully saturated rings. The number of aliphatic hydroxyl groups is 1.